The Morgan fingerprint density at radius 2 is 1.71 bits per heavy atom. The third-order valence-electron chi connectivity index (χ3n) is 2.92. The number of amides is 1. The zero-order chi connectivity index (χ0) is 15.4. The molecule has 2 aromatic carbocycles. The molecule has 0 saturated carbocycles. The standard InChI is InChI=1S/C15H13Cl3N2O/c16-10-7-12(17)14(13(18)8-10)20-15(21)11-4-2-1-3-9(11)5-6-19/h1-4,7-8H,5-6,19H2,(H,20,21). The predicted octanol–water partition coefficient (Wildman–Crippen LogP) is 4.40. The van der Waals surface area contributed by atoms with Crippen LogP contribution in [0.1, 0.15) is 15.9 Å². The molecule has 0 saturated heterocycles. The van der Waals surface area contributed by atoms with Crippen molar-refractivity contribution in [1.82, 2.24) is 0 Å². The lowest BCUT2D eigenvalue weighted by molar-refractivity contribution is 0.102. The maximum Gasteiger partial charge on any atom is 0.256 e. The molecule has 0 bridgehead atoms. The van der Waals surface area contributed by atoms with Crippen LogP contribution in [0.4, 0.5) is 5.69 Å². The quantitative estimate of drug-likeness (QED) is 0.864. The average Bonchev–Trinajstić information content (AvgIpc) is 2.43. The fraction of sp³-hybridized carbons (Fsp3) is 0.133. The number of nitrogens with one attached hydrogen (secondary N) is 1. The molecule has 0 aliphatic heterocycles. The Morgan fingerprint density at radius 1 is 1.10 bits per heavy atom. The lowest BCUT2D eigenvalue weighted by Gasteiger charge is -2.12. The van der Waals surface area contributed by atoms with Gasteiger partial charge < -0.3 is 11.1 Å². The summed E-state index contributed by atoms with van der Waals surface area (Å²) in [6, 6.07) is 10.3. The second-order valence-corrected chi connectivity index (χ2v) is 5.65. The van der Waals surface area contributed by atoms with Crippen molar-refractivity contribution in [1.29, 1.82) is 0 Å². The van der Waals surface area contributed by atoms with Gasteiger partial charge >= 0.3 is 0 Å². The zero-order valence-corrected chi connectivity index (χ0v) is 13.3. The number of nitrogens with two attached hydrogens (primary N) is 1. The van der Waals surface area contributed by atoms with Gasteiger partial charge in [0, 0.05) is 10.6 Å². The van der Waals surface area contributed by atoms with Crippen LogP contribution in [0.2, 0.25) is 15.1 Å². The van der Waals surface area contributed by atoms with Crippen molar-refractivity contribution in [2.75, 3.05) is 11.9 Å². The van der Waals surface area contributed by atoms with Crippen LogP contribution in [-0.2, 0) is 6.42 Å². The van der Waals surface area contributed by atoms with Gasteiger partial charge in [0.15, 0.2) is 0 Å². The third-order valence-corrected chi connectivity index (χ3v) is 3.74. The molecule has 0 radical (unpaired) electrons. The fourth-order valence-corrected chi connectivity index (χ4v) is 2.87. The number of halogens is 3. The molecule has 2 rings (SSSR count). The van der Waals surface area contributed by atoms with Gasteiger partial charge in [0.1, 0.15) is 0 Å². The summed E-state index contributed by atoms with van der Waals surface area (Å²) in [5, 5.41) is 3.71. The minimum Gasteiger partial charge on any atom is -0.330 e. The number of anilines is 1. The third kappa shape index (κ3) is 3.89. The minimum atomic E-state index is -0.287. The van der Waals surface area contributed by atoms with Crippen LogP contribution >= 0.6 is 34.8 Å². The monoisotopic (exact) mass is 342 g/mol. The van der Waals surface area contributed by atoms with Crippen LogP contribution in [0.15, 0.2) is 36.4 Å². The summed E-state index contributed by atoms with van der Waals surface area (Å²) in [6.45, 7) is 0.465. The molecule has 0 aromatic heterocycles. The summed E-state index contributed by atoms with van der Waals surface area (Å²) in [7, 11) is 0. The molecule has 0 heterocycles. The van der Waals surface area contributed by atoms with Crippen molar-refractivity contribution in [3.63, 3.8) is 0 Å². The van der Waals surface area contributed by atoms with Crippen LogP contribution < -0.4 is 11.1 Å². The van der Waals surface area contributed by atoms with E-state index in [2.05, 4.69) is 5.32 Å². The van der Waals surface area contributed by atoms with Gasteiger partial charge in [-0.25, -0.2) is 0 Å². The molecular weight excluding hydrogens is 331 g/mol. The first-order valence-electron chi connectivity index (χ1n) is 6.26. The Morgan fingerprint density at radius 3 is 2.33 bits per heavy atom. The topological polar surface area (TPSA) is 55.1 Å². The zero-order valence-electron chi connectivity index (χ0n) is 11.0. The number of hydrogen-bond donors (Lipinski definition) is 2. The van der Waals surface area contributed by atoms with Crippen LogP contribution in [0.5, 0.6) is 0 Å². The van der Waals surface area contributed by atoms with Crippen LogP contribution in [0.25, 0.3) is 0 Å². The summed E-state index contributed by atoms with van der Waals surface area (Å²) in [6.07, 6.45) is 0.617. The molecule has 0 aliphatic rings. The van der Waals surface area contributed by atoms with Crippen LogP contribution in [-0.4, -0.2) is 12.5 Å². The lowest BCUT2D eigenvalue weighted by atomic mass is 10.0. The van der Waals surface area contributed by atoms with Gasteiger partial charge in [-0.1, -0.05) is 53.0 Å². The van der Waals surface area contributed by atoms with Gasteiger partial charge in [-0.2, -0.15) is 0 Å². The van der Waals surface area contributed by atoms with E-state index in [4.69, 9.17) is 40.5 Å². The van der Waals surface area contributed by atoms with Gasteiger partial charge in [0.25, 0.3) is 5.91 Å². The molecule has 0 unspecified atom stereocenters. The molecule has 0 spiro atoms. The summed E-state index contributed by atoms with van der Waals surface area (Å²) in [5.41, 5.74) is 7.32. The molecule has 0 fully saturated rings. The van der Waals surface area contributed by atoms with Gasteiger partial charge in [-0.15, -0.1) is 0 Å². The van der Waals surface area contributed by atoms with Crippen molar-refractivity contribution in [3.8, 4) is 0 Å². The van der Waals surface area contributed by atoms with Crippen LogP contribution in [0, 0.1) is 0 Å². The number of rotatable bonds is 4. The van der Waals surface area contributed by atoms with E-state index in [1.165, 1.54) is 12.1 Å². The largest absolute Gasteiger partial charge is 0.330 e. The summed E-state index contributed by atoms with van der Waals surface area (Å²) in [5.74, 6) is -0.287. The fourth-order valence-electron chi connectivity index (χ4n) is 1.96. The minimum absolute atomic E-state index is 0.287. The second-order valence-electron chi connectivity index (χ2n) is 4.39. The van der Waals surface area contributed by atoms with Gasteiger partial charge in [-0.05, 0) is 36.7 Å². The summed E-state index contributed by atoms with van der Waals surface area (Å²) in [4.78, 5) is 12.4. The molecule has 3 nitrogen and oxygen atoms in total. The Balaban J connectivity index is 2.31. The normalized spacial score (nSPS) is 10.5. The molecule has 0 atom stereocenters. The number of benzene rings is 2. The first-order chi connectivity index (χ1) is 10.0. The molecule has 6 heteroatoms. The smallest absolute Gasteiger partial charge is 0.256 e. The molecule has 1 amide bonds. The van der Waals surface area contributed by atoms with Crippen molar-refractivity contribution in [2.45, 2.75) is 6.42 Å². The first kappa shape index (κ1) is 16.1. The van der Waals surface area contributed by atoms with E-state index < -0.39 is 0 Å². The van der Waals surface area contributed by atoms with E-state index in [-0.39, 0.29) is 16.0 Å². The molecular formula is C15H13Cl3N2O. The van der Waals surface area contributed by atoms with Crippen molar-refractivity contribution < 1.29 is 4.79 Å². The van der Waals surface area contributed by atoms with E-state index >= 15 is 0 Å². The highest BCUT2D eigenvalue weighted by Gasteiger charge is 2.15. The number of hydrogen-bond acceptors (Lipinski definition) is 2. The Bertz CT molecular complexity index is 651. The van der Waals surface area contributed by atoms with Crippen LogP contribution in [0.3, 0.4) is 0 Å². The molecule has 2 aromatic rings. The highest BCUT2D eigenvalue weighted by atomic mass is 35.5. The SMILES string of the molecule is NCCc1ccccc1C(=O)Nc1c(Cl)cc(Cl)cc1Cl. The van der Waals surface area contributed by atoms with Gasteiger partial charge in [-0.3, -0.25) is 4.79 Å². The number of carbonyl (C=O) groups is 1. The van der Waals surface area contributed by atoms with E-state index in [0.717, 1.165) is 5.56 Å². The maximum absolute atomic E-state index is 12.4. The Labute approximate surface area is 138 Å². The van der Waals surface area contributed by atoms with Gasteiger partial charge in [0.05, 0.1) is 15.7 Å². The van der Waals surface area contributed by atoms with E-state index in [1.807, 2.05) is 12.1 Å². The summed E-state index contributed by atoms with van der Waals surface area (Å²) < 4.78 is 0. The highest BCUT2D eigenvalue weighted by Crippen LogP contribution is 2.34. The summed E-state index contributed by atoms with van der Waals surface area (Å²) >= 11 is 18.0. The van der Waals surface area contributed by atoms with E-state index in [1.54, 1.807) is 12.1 Å². The maximum atomic E-state index is 12.4. The Kier molecular flexibility index (Phi) is 5.48. The first-order valence-corrected chi connectivity index (χ1v) is 7.40. The van der Waals surface area contributed by atoms with Crippen molar-refractivity contribution in [2.24, 2.45) is 5.73 Å². The molecule has 21 heavy (non-hydrogen) atoms. The number of carbonyl (C=O) groups excluding carboxylic acids is 1. The highest BCUT2D eigenvalue weighted by molar-refractivity contribution is 6.42. The van der Waals surface area contributed by atoms with E-state index in [0.29, 0.717) is 29.2 Å². The second kappa shape index (κ2) is 7.14. The Hall–Kier alpha value is -1.26. The average molecular weight is 344 g/mol. The lowest BCUT2D eigenvalue weighted by Crippen LogP contribution is -2.16. The van der Waals surface area contributed by atoms with Crippen molar-refractivity contribution >= 4 is 46.4 Å². The molecule has 0 aliphatic carbocycles. The van der Waals surface area contributed by atoms with E-state index in [9.17, 15) is 4.79 Å². The predicted molar refractivity (Wildman–Crippen MR) is 88.6 cm³/mol. The van der Waals surface area contributed by atoms with Crippen molar-refractivity contribution in [3.05, 3.63) is 62.6 Å². The van der Waals surface area contributed by atoms with Gasteiger partial charge in [0.2, 0.25) is 0 Å². The molecule has 110 valence electrons. The molecule has 3 N–H and O–H groups in total.